The Kier molecular flexibility index (Phi) is 5.49. The van der Waals surface area contributed by atoms with E-state index in [1.165, 1.54) is 50.1 Å². The van der Waals surface area contributed by atoms with Gasteiger partial charge < -0.3 is 5.73 Å². The van der Waals surface area contributed by atoms with Crippen molar-refractivity contribution in [3.05, 3.63) is 0 Å². The fourth-order valence-corrected chi connectivity index (χ4v) is 8.52. The summed E-state index contributed by atoms with van der Waals surface area (Å²) < 4.78 is 0. The summed E-state index contributed by atoms with van der Waals surface area (Å²) in [5.41, 5.74) is 5.46. The summed E-state index contributed by atoms with van der Waals surface area (Å²) in [6, 6.07) is 0. The molecule has 4 aliphatic rings. The van der Waals surface area contributed by atoms with Crippen molar-refractivity contribution in [2.24, 2.45) is 69.4 Å². The Labute approximate surface area is 170 Å². The van der Waals surface area contributed by atoms with Gasteiger partial charge in [0.25, 0.3) is 0 Å². The average molecular weight is 389 g/mol. The van der Waals surface area contributed by atoms with Crippen molar-refractivity contribution >= 4 is 12.1 Å². The molecule has 0 aliphatic heterocycles. The van der Waals surface area contributed by atoms with Crippen LogP contribution in [0.1, 0.15) is 72.1 Å². The number of nitrogens with zero attached hydrogens (tertiary/aromatic N) is 2. The standard InChI is InChI=1S/C23H40N4O/c1-14-4-6-17-16(10-14)5-7-19-18(17)8-9-23(3)20(11-15(2)22(19)23)21(28)12-27(25)26-13-24/h13-20,22H,4-12,25H2,1-3H3,(H2,24,26). The number of nitrogens with two attached hydrogens (primary N) is 2. The van der Waals surface area contributed by atoms with Gasteiger partial charge >= 0.3 is 0 Å². The van der Waals surface area contributed by atoms with E-state index in [1.807, 2.05) is 0 Å². The minimum absolute atomic E-state index is 0.122. The fraction of sp³-hybridized carbons (Fsp3) is 0.913. The van der Waals surface area contributed by atoms with Gasteiger partial charge in [-0.1, -0.05) is 27.2 Å². The maximum Gasteiger partial charge on any atom is 0.159 e. The van der Waals surface area contributed by atoms with Crippen LogP contribution in [0, 0.1) is 52.8 Å². The summed E-state index contributed by atoms with van der Waals surface area (Å²) >= 11 is 0. The highest BCUT2D eigenvalue weighted by Gasteiger charge is 2.60. The maximum absolute atomic E-state index is 13.1. The third-order valence-corrected chi connectivity index (χ3v) is 9.45. The molecule has 0 aromatic carbocycles. The number of carbonyl (C=O) groups is 1. The first-order valence-corrected chi connectivity index (χ1v) is 11.6. The van der Waals surface area contributed by atoms with Crippen LogP contribution in [0.25, 0.3) is 0 Å². The van der Waals surface area contributed by atoms with Crippen LogP contribution in [-0.4, -0.2) is 23.8 Å². The highest BCUT2D eigenvalue weighted by Crippen LogP contribution is 2.66. The average Bonchev–Trinajstić information content (AvgIpc) is 2.92. The molecular weight excluding hydrogens is 348 g/mol. The normalized spacial score (nSPS) is 48.0. The Morgan fingerprint density at radius 1 is 1.11 bits per heavy atom. The number of hydrogen-bond donors (Lipinski definition) is 2. The molecule has 0 aromatic rings. The second-order valence-electron chi connectivity index (χ2n) is 10.9. The van der Waals surface area contributed by atoms with Crippen LogP contribution in [0.5, 0.6) is 0 Å². The van der Waals surface area contributed by atoms with Crippen molar-refractivity contribution in [2.75, 3.05) is 6.54 Å². The SMILES string of the molecule is CC1CCC2C(CCC3C2CCC2(C)C(C(=O)CN(N)/N=C\N)CC(C)C32)C1. The highest BCUT2D eigenvalue weighted by molar-refractivity contribution is 5.84. The van der Waals surface area contributed by atoms with E-state index in [1.54, 1.807) is 0 Å². The number of carbonyl (C=O) groups excluding carboxylic acids is 1. The van der Waals surface area contributed by atoms with Crippen molar-refractivity contribution in [3.8, 4) is 0 Å². The predicted molar refractivity (Wildman–Crippen MR) is 113 cm³/mol. The predicted octanol–water partition coefficient (Wildman–Crippen LogP) is 3.78. The van der Waals surface area contributed by atoms with Crippen LogP contribution in [0.2, 0.25) is 0 Å². The molecule has 4 saturated carbocycles. The Balaban J connectivity index is 1.52. The summed E-state index contributed by atoms with van der Waals surface area (Å²) in [5.74, 6) is 12.1. The van der Waals surface area contributed by atoms with Crippen LogP contribution >= 0.6 is 0 Å². The number of hydrazone groups is 1. The minimum Gasteiger partial charge on any atom is -0.388 e. The van der Waals surface area contributed by atoms with E-state index in [0.29, 0.717) is 11.8 Å². The topological polar surface area (TPSA) is 84.7 Å². The van der Waals surface area contributed by atoms with Gasteiger partial charge in [0.1, 0.15) is 12.9 Å². The van der Waals surface area contributed by atoms with E-state index in [0.717, 1.165) is 42.3 Å². The highest BCUT2D eigenvalue weighted by atomic mass is 16.1. The maximum atomic E-state index is 13.1. The van der Waals surface area contributed by atoms with Gasteiger partial charge in [-0.05, 0) is 91.8 Å². The van der Waals surface area contributed by atoms with Gasteiger partial charge in [-0.15, -0.1) is 0 Å². The van der Waals surface area contributed by atoms with Gasteiger partial charge in [0.05, 0.1) is 0 Å². The molecule has 9 atom stereocenters. The van der Waals surface area contributed by atoms with Crippen LogP contribution in [-0.2, 0) is 4.79 Å². The molecule has 5 nitrogen and oxygen atoms in total. The third-order valence-electron chi connectivity index (χ3n) is 9.45. The Bertz CT molecular complexity index is 622. The molecule has 0 radical (unpaired) electrons. The van der Waals surface area contributed by atoms with Gasteiger partial charge in [0.15, 0.2) is 5.78 Å². The number of rotatable bonds is 4. The van der Waals surface area contributed by atoms with Crippen molar-refractivity contribution < 1.29 is 4.79 Å². The van der Waals surface area contributed by atoms with Gasteiger partial charge in [-0.3, -0.25) is 4.79 Å². The molecule has 4 N–H and O–H groups in total. The zero-order valence-electron chi connectivity index (χ0n) is 18.0. The Morgan fingerprint density at radius 2 is 1.86 bits per heavy atom. The quantitative estimate of drug-likeness (QED) is 0.332. The molecule has 0 heterocycles. The number of Topliss-reactive ketones (excluding diaryl/α,β-unsaturated/α-hetero) is 1. The number of hydrazine groups is 1. The van der Waals surface area contributed by atoms with Crippen LogP contribution in [0.15, 0.2) is 5.10 Å². The van der Waals surface area contributed by atoms with Crippen molar-refractivity contribution in [3.63, 3.8) is 0 Å². The lowest BCUT2D eigenvalue weighted by Gasteiger charge is -2.56. The van der Waals surface area contributed by atoms with E-state index >= 15 is 0 Å². The number of fused-ring (bicyclic) bond motifs is 5. The van der Waals surface area contributed by atoms with Crippen LogP contribution < -0.4 is 11.6 Å². The molecule has 5 heteroatoms. The summed E-state index contributed by atoms with van der Waals surface area (Å²) in [6.45, 7) is 7.45. The monoisotopic (exact) mass is 388 g/mol. The molecule has 9 unspecified atom stereocenters. The van der Waals surface area contributed by atoms with Crippen LogP contribution in [0.4, 0.5) is 0 Å². The molecule has 0 amide bonds. The van der Waals surface area contributed by atoms with E-state index in [4.69, 9.17) is 11.6 Å². The third kappa shape index (κ3) is 3.28. The lowest BCUT2D eigenvalue weighted by Crippen LogP contribution is -2.50. The smallest absolute Gasteiger partial charge is 0.159 e. The second kappa shape index (κ2) is 7.62. The Morgan fingerprint density at radius 3 is 2.61 bits per heavy atom. The molecule has 28 heavy (non-hydrogen) atoms. The van der Waals surface area contributed by atoms with E-state index in [2.05, 4.69) is 25.9 Å². The van der Waals surface area contributed by atoms with Crippen molar-refractivity contribution in [1.29, 1.82) is 0 Å². The van der Waals surface area contributed by atoms with E-state index in [-0.39, 0.29) is 23.7 Å². The van der Waals surface area contributed by atoms with Gasteiger partial charge in [0.2, 0.25) is 0 Å². The molecule has 0 saturated heterocycles. The largest absolute Gasteiger partial charge is 0.388 e. The first-order chi connectivity index (χ1) is 13.3. The molecular formula is C23H40N4O. The van der Waals surface area contributed by atoms with Crippen LogP contribution in [0.3, 0.4) is 0 Å². The van der Waals surface area contributed by atoms with E-state index < -0.39 is 0 Å². The first kappa shape index (κ1) is 20.2. The molecule has 0 bridgehead atoms. The molecule has 0 spiro atoms. The second-order valence-corrected chi connectivity index (χ2v) is 10.9. The molecule has 4 rings (SSSR count). The lowest BCUT2D eigenvalue weighted by molar-refractivity contribution is -0.132. The molecule has 158 valence electrons. The number of ketones is 1. The Hall–Kier alpha value is -1.10. The first-order valence-electron chi connectivity index (χ1n) is 11.6. The summed E-state index contributed by atoms with van der Waals surface area (Å²) in [5, 5.41) is 5.04. The zero-order valence-corrected chi connectivity index (χ0v) is 18.0. The summed E-state index contributed by atoms with van der Waals surface area (Å²) in [6.07, 6.45) is 11.9. The van der Waals surface area contributed by atoms with Crippen molar-refractivity contribution in [1.82, 2.24) is 5.12 Å². The van der Waals surface area contributed by atoms with Gasteiger partial charge in [-0.25, -0.2) is 11.0 Å². The molecule has 4 fully saturated rings. The summed E-state index contributed by atoms with van der Waals surface area (Å²) in [4.78, 5) is 13.1. The van der Waals surface area contributed by atoms with Gasteiger partial charge in [0, 0.05) is 5.92 Å². The summed E-state index contributed by atoms with van der Waals surface area (Å²) in [7, 11) is 0. The van der Waals surface area contributed by atoms with E-state index in [9.17, 15) is 4.79 Å². The zero-order chi connectivity index (χ0) is 20.1. The fourth-order valence-electron chi connectivity index (χ4n) is 8.52. The molecule has 4 aliphatic carbocycles. The van der Waals surface area contributed by atoms with Crippen molar-refractivity contribution in [2.45, 2.75) is 72.1 Å². The molecule has 0 aromatic heterocycles. The minimum atomic E-state index is 0.122. The van der Waals surface area contributed by atoms with Gasteiger partial charge in [-0.2, -0.15) is 5.10 Å². The number of hydrogen-bond acceptors (Lipinski definition) is 4. The lowest BCUT2D eigenvalue weighted by atomic mass is 9.48.